The van der Waals surface area contributed by atoms with E-state index in [9.17, 15) is 13.2 Å². The third kappa shape index (κ3) is 3.30. The number of rotatable bonds is 4. The van der Waals surface area contributed by atoms with Crippen LogP contribution >= 0.6 is 0 Å². The second-order valence-corrected chi connectivity index (χ2v) is 7.49. The molecule has 0 saturated carbocycles. The van der Waals surface area contributed by atoms with E-state index in [0.29, 0.717) is 18.7 Å². The fourth-order valence-corrected chi connectivity index (χ4v) is 2.79. The Bertz CT molecular complexity index is 596. The number of nitrogens with zero attached hydrogens (tertiary/aromatic N) is 1. The Kier molecular flexibility index (Phi) is 4.32. The number of hydrogen-bond acceptors (Lipinski definition) is 3. The summed E-state index contributed by atoms with van der Waals surface area (Å²) in [6.45, 7) is 3.94. The zero-order valence-electron chi connectivity index (χ0n) is 11.8. The maximum atomic E-state index is 11.9. The first-order valence-electron chi connectivity index (χ1n) is 6.82. The van der Waals surface area contributed by atoms with Crippen LogP contribution in [0.25, 0.3) is 0 Å². The molecule has 0 aliphatic carbocycles. The normalized spacial score (nSPS) is 16.6. The summed E-state index contributed by atoms with van der Waals surface area (Å²) in [7, 11) is -3.37. The van der Waals surface area contributed by atoms with Crippen LogP contribution in [0.1, 0.15) is 33.1 Å². The molecular formula is C14H20N2O3S. The highest BCUT2D eigenvalue weighted by Gasteiger charge is 2.20. The van der Waals surface area contributed by atoms with E-state index >= 15 is 0 Å². The summed E-state index contributed by atoms with van der Waals surface area (Å²) >= 11 is 0. The summed E-state index contributed by atoms with van der Waals surface area (Å²) < 4.78 is 26.3. The van der Waals surface area contributed by atoms with Crippen molar-refractivity contribution in [2.45, 2.75) is 38.4 Å². The SMILES string of the molecule is CC(C)S(=O)(=O)Nc1cccc(N2CCCCC2=O)c1. The zero-order chi connectivity index (χ0) is 14.8. The second kappa shape index (κ2) is 5.83. The fourth-order valence-electron chi connectivity index (χ4n) is 2.10. The highest BCUT2D eigenvalue weighted by Crippen LogP contribution is 2.24. The number of anilines is 2. The molecule has 1 aromatic rings. The van der Waals surface area contributed by atoms with Gasteiger partial charge in [0, 0.05) is 18.7 Å². The Hall–Kier alpha value is -1.56. The molecule has 0 bridgehead atoms. The highest BCUT2D eigenvalue weighted by atomic mass is 32.2. The van der Waals surface area contributed by atoms with Crippen molar-refractivity contribution in [1.82, 2.24) is 0 Å². The number of nitrogens with one attached hydrogen (secondary N) is 1. The zero-order valence-corrected chi connectivity index (χ0v) is 12.6. The monoisotopic (exact) mass is 296 g/mol. The number of carbonyl (C=O) groups excluding carboxylic acids is 1. The van der Waals surface area contributed by atoms with Crippen LogP contribution < -0.4 is 9.62 Å². The molecule has 1 amide bonds. The Balaban J connectivity index is 2.22. The van der Waals surface area contributed by atoms with Gasteiger partial charge in [-0.25, -0.2) is 8.42 Å². The molecule has 0 aromatic heterocycles. The first-order valence-corrected chi connectivity index (χ1v) is 8.37. The van der Waals surface area contributed by atoms with Crippen molar-refractivity contribution in [2.75, 3.05) is 16.2 Å². The summed E-state index contributed by atoms with van der Waals surface area (Å²) in [5, 5.41) is -0.497. The summed E-state index contributed by atoms with van der Waals surface area (Å²) in [5.41, 5.74) is 1.24. The average Bonchev–Trinajstić information content (AvgIpc) is 2.39. The van der Waals surface area contributed by atoms with Crippen molar-refractivity contribution >= 4 is 27.3 Å². The van der Waals surface area contributed by atoms with E-state index in [2.05, 4.69) is 4.72 Å². The number of hydrogen-bond donors (Lipinski definition) is 1. The lowest BCUT2D eigenvalue weighted by Crippen LogP contribution is -2.35. The van der Waals surface area contributed by atoms with Gasteiger partial charge in [-0.15, -0.1) is 0 Å². The molecule has 1 fully saturated rings. The van der Waals surface area contributed by atoms with Gasteiger partial charge in [0.2, 0.25) is 15.9 Å². The van der Waals surface area contributed by atoms with Crippen LogP contribution in [-0.4, -0.2) is 26.1 Å². The van der Waals surface area contributed by atoms with Crippen molar-refractivity contribution < 1.29 is 13.2 Å². The molecule has 0 atom stereocenters. The second-order valence-electron chi connectivity index (χ2n) is 5.25. The number of piperidine rings is 1. The predicted molar refractivity (Wildman–Crippen MR) is 80.3 cm³/mol. The van der Waals surface area contributed by atoms with Crippen LogP contribution in [0.3, 0.4) is 0 Å². The first kappa shape index (κ1) is 14.8. The molecule has 1 aliphatic rings. The third-order valence-corrected chi connectivity index (χ3v) is 5.12. The van der Waals surface area contributed by atoms with Crippen LogP contribution in [0, 0.1) is 0 Å². The molecule has 6 heteroatoms. The van der Waals surface area contributed by atoms with Gasteiger partial charge in [0.15, 0.2) is 0 Å². The van der Waals surface area contributed by atoms with E-state index in [1.165, 1.54) is 0 Å². The Morgan fingerprint density at radius 3 is 2.65 bits per heavy atom. The van der Waals surface area contributed by atoms with Crippen molar-refractivity contribution in [3.8, 4) is 0 Å². The summed E-state index contributed by atoms with van der Waals surface area (Å²) in [6, 6.07) is 6.99. The summed E-state index contributed by atoms with van der Waals surface area (Å²) in [6.07, 6.45) is 2.46. The van der Waals surface area contributed by atoms with Gasteiger partial charge in [-0.05, 0) is 44.9 Å². The Labute approximate surface area is 120 Å². The minimum Gasteiger partial charge on any atom is -0.312 e. The highest BCUT2D eigenvalue weighted by molar-refractivity contribution is 7.93. The molecular weight excluding hydrogens is 276 g/mol. The summed E-state index contributed by atoms with van der Waals surface area (Å²) in [4.78, 5) is 13.6. The minimum absolute atomic E-state index is 0.0973. The lowest BCUT2D eigenvalue weighted by Gasteiger charge is -2.27. The molecule has 1 saturated heterocycles. The van der Waals surface area contributed by atoms with Crippen molar-refractivity contribution in [2.24, 2.45) is 0 Å². The molecule has 0 unspecified atom stereocenters. The lowest BCUT2D eigenvalue weighted by molar-refractivity contribution is -0.119. The molecule has 0 radical (unpaired) electrons. The number of sulfonamides is 1. The topological polar surface area (TPSA) is 66.5 Å². The molecule has 110 valence electrons. The van der Waals surface area contributed by atoms with Crippen LogP contribution in [0.15, 0.2) is 24.3 Å². The quantitative estimate of drug-likeness (QED) is 0.927. The largest absolute Gasteiger partial charge is 0.312 e. The molecule has 20 heavy (non-hydrogen) atoms. The maximum absolute atomic E-state index is 11.9. The fraction of sp³-hybridized carbons (Fsp3) is 0.500. The summed E-state index contributed by atoms with van der Waals surface area (Å²) in [5.74, 6) is 0.0973. The van der Waals surface area contributed by atoms with E-state index in [4.69, 9.17) is 0 Å². The van der Waals surface area contributed by atoms with Gasteiger partial charge in [0.25, 0.3) is 0 Å². The van der Waals surface area contributed by atoms with Crippen LogP contribution in [0.5, 0.6) is 0 Å². The van der Waals surface area contributed by atoms with Crippen LogP contribution in [0.4, 0.5) is 11.4 Å². The van der Waals surface area contributed by atoms with Crippen LogP contribution in [0.2, 0.25) is 0 Å². The van der Waals surface area contributed by atoms with E-state index in [1.54, 1.807) is 36.9 Å². The predicted octanol–water partition coefficient (Wildman–Crippen LogP) is 2.35. The van der Waals surface area contributed by atoms with E-state index in [0.717, 1.165) is 18.5 Å². The smallest absolute Gasteiger partial charge is 0.235 e. The van der Waals surface area contributed by atoms with Gasteiger partial charge in [-0.1, -0.05) is 6.07 Å². The molecule has 1 heterocycles. The maximum Gasteiger partial charge on any atom is 0.235 e. The standard InChI is InChI=1S/C14H20N2O3S/c1-11(2)20(18,19)15-12-6-5-7-13(10-12)16-9-4-3-8-14(16)17/h5-7,10-11,15H,3-4,8-9H2,1-2H3. The number of carbonyl (C=O) groups is 1. The molecule has 1 aromatic carbocycles. The molecule has 0 spiro atoms. The van der Waals surface area contributed by atoms with Gasteiger partial charge < -0.3 is 4.90 Å². The average molecular weight is 296 g/mol. The van der Waals surface area contributed by atoms with E-state index in [1.807, 2.05) is 6.07 Å². The van der Waals surface area contributed by atoms with Gasteiger partial charge in [-0.2, -0.15) is 0 Å². The Morgan fingerprint density at radius 2 is 2.00 bits per heavy atom. The van der Waals surface area contributed by atoms with E-state index < -0.39 is 15.3 Å². The van der Waals surface area contributed by atoms with Crippen molar-refractivity contribution in [1.29, 1.82) is 0 Å². The van der Waals surface area contributed by atoms with Crippen molar-refractivity contribution in [3.05, 3.63) is 24.3 Å². The lowest BCUT2D eigenvalue weighted by atomic mass is 10.1. The minimum atomic E-state index is -3.37. The molecule has 5 nitrogen and oxygen atoms in total. The molecule has 2 rings (SSSR count). The Morgan fingerprint density at radius 1 is 1.25 bits per heavy atom. The first-order chi connectivity index (χ1) is 9.40. The molecule has 1 N–H and O–H groups in total. The third-order valence-electron chi connectivity index (χ3n) is 3.36. The number of benzene rings is 1. The molecule has 1 aliphatic heterocycles. The van der Waals surface area contributed by atoms with Crippen LogP contribution in [-0.2, 0) is 14.8 Å². The number of amides is 1. The van der Waals surface area contributed by atoms with E-state index in [-0.39, 0.29) is 5.91 Å². The van der Waals surface area contributed by atoms with Gasteiger partial charge in [0.05, 0.1) is 10.9 Å². The van der Waals surface area contributed by atoms with Gasteiger partial charge in [0.1, 0.15) is 0 Å². The van der Waals surface area contributed by atoms with Gasteiger partial charge >= 0.3 is 0 Å². The van der Waals surface area contributed by atoms with Crippen molar-refractivity contribution in [3.63, 3.8) is 0 Å². The van der Waals surface area contributed by atoms with Gasteiger partial charge in [-0.3, -0.25) is 9.52 Å².